The fourth-order valence-corrected chi connectivity index (χ4v) is 7.15. The lowest BCUT2D eigenvalue weighted by Gasteiger charge is -2.52. The van der Waals surface area contributed by atoms with E-state index in [1.165, 1.54) is 10.4 Å². The molecule has 1 aromatic carbocycles. The maximum Gasteiger partial charge on any atom is 0.255 e. The van der Waals surface area contributed by atoms with E-state index in [4.69, 9.17) is 5.73 Å². The summed E-state index contributed by atoms with van der Waals surface area (Å²) in [7, 11) is -3.48. The first-order chi connectivity index (χ1) is 17.3. The summed E-state index contributed by atoms with van der Waals surface area (Å²) in [5, 5.41) is 44.0. The second-order valence-corrected chi connectivity index (χ2v) is 12.0. The van der Waals surface area contributed by atoms with Gasteiger partial charge in [0.2, 0.25) is 15.8 Å². The van der Waals surface area contributed by atoms with E-state index in [0.29, 0.717) is 5.56 Å². The highest BCUT2D eigenvalue weighted by Gasteiger charge is 2.64. The number of hydrogen-bond acceptors (Lipinski definition) is 10. The molecule has 1 saturated heterocycles. The molecule has 0 aromatic heterocycles. The molecule has 1 aromatic rings. The summed E-state index contributed by atoms with van der Waals surface area (Å²) in [6.45, 7) is 0.245. The van der Waals surface area contributed by atoms with E-state index in [-0.39, 0.29) is 55.9 Å². The number of nitrogens with zero attached hydrogens (tertiary/aromatic N) is 2. The van der Waals surface area contributed by atoms with Crippen molar-refractivity contribution in [2.75, 3.05) is 32.4 Å². The number of aliphatic hydroxyl groups excluding tert-OH is 2. The van der Waals surface area contributed by atoms with Crippen molar-refractivity contribution < 1.29 is 43.2 Å². The summed E-state index contributed by atoms with van der Waals surface area (Å²) in [4.78, 5) is 41.2. The van der Waals surface area contributed by atoms with Crippen molar-refractivity contribution in [3.63, 3.8) is 0 Å². The van der Waals surface area contributed by atoms with Crippen LogP contribution in [0.5, 0.6) is 5.75 Å². The zero-order chi connectivity index (χ0) is 27.0. The SMILES string of the molecule is CS(=O)(=O)N1CCN(C2C(=O)C(C(N)=O)=C(O)C3(O)C(=O)C4=C(O)c5c(O)cccc5CC4CC23)CC1. The van der Waals surface area contributed by atoms with Crippen LogP contribution in [0.4, 0.5) is 0 Å². The van der Waals surface area contributed by atoms with Crippen LogP contribution in [0.25, 0.3) is 5.76 Å². The average Bonchev–Trinajstić information content (AvgIpc) is 2.81. The molecule has 1 aliphatic heterocycles. The number of aromatic hydroxyl groups is 1. The van der Waals surface area contributed by atoms with Gasteiger partial charge in [0.1, 0.15) is 22.8 Å². The molecule has 0 radical (unpaired) electrons. The van der Waals surface area contributed by atoms with E-state index in [1.807, 2.05) is 0 Å². The summed E-state index contributed by atoms with van der Waals surface area (Å²) < 4.78 is 25.2. The smallest absolute Gasteiger partial charge is 0.255 e. The number of benzene rings is 1. The van der Waals surface area contributed by atoms with Gasteiger partial charge in [-0.1, -0.05) is 12.1 Å². The topological polar surface area (TPSA) is 199 Å². The van der Waals surface area contributed by atoms with Crippen molar-refractivity contribution in [3.8, 4) is 5.75 Å². The number of nitrogens with two attached hydrogens (primary N) is 1. The van der Waals surface area contributed by atoms with E-state index in [0.717, 1.165) is 6.26 Å². The van der Waals surface area contributed by atoms with E-state index in [9.17, 15) is 43.2 Å². The van der Waals surface area contributed by atoms with E-state index >= 15 is 0 Å². The number of amides is 1. The number of fused-ring (bicyclic) bond motifs is 3. The van der Waals surface area contributed by atoms with Crippen molar-refractivity contribution in [3.05, 3.63) is 46.2 Å². The molecule has 3 aliphatic carbocycles. The van der Waals surface area contributed by atoms with Crippen LogP contribution >= 0.6 is 0 Å². The predicted molar refractivity (Wildman–Crippen MR) is 129 cm³/mol. The van der Waals surface area contributed by atoms with E-state index < -0.39 is 68.1 Å². The Morgan fingerprint density at radius 2 is 1.76 bits per heavy atom. The molecule has 37 heavy (non-hydrogen) atoms. The van der Waals surface area contributed by atoms with Crippen LogP contribution in [0, 0.1) is 11.8 Å². The predicted octanol–water partition coefficient (Wildman–Crippen LogP) is -1.02. The standard InChI is InChI=1S/C24H27N3O9S/c1-37(35,36)27-7-5-26(6-8-27)18-13-10-12-9-11-3-2-4-14(28)15(11)19(29)16(12)21(31)24(13,34)22(32)17(20(18)30)23(25)33/h2-4,12-13,18,28-29,32,34H,5-10H2,1H3,(H2,25,33). The molecule has 4 unspecified atom stereocenters. The third kappa shape index (κ3) is 3.60. The summed E-state index contributed by atoms with van der Waals surface area (Å²) in [5.74, 6) is -7.08. The maximum absolute atomic E-state index is 13.8. The third-order valence-corrected chi connectivity index (χ3v) is 9.34. The van der Waals surface area contributed by atoms with Gasteiger partial charge in [0.25, 0.3) is 5.91 Å². The fourth-order valence-electron chi connectivity index (χ4n) is 6.32. The number of rotatable bonds is 3. The van der Waals surface area contributed by atoms with Gasteiger partial charge in [-0.25, -0.2) is 8.42 Å². The van der Waals surface area contributed by atoms with Gasteiger partial charge in [-0.15, -0.1) is 0 Å². The molecule has 1 heterocycles. The first kappa shape index (κ1) is 25.4. The second kappa shape index (κ2) is 8.38. The van der Waals surface area contributed by atoms with Crippen molar-refractivity contribution in [2.24, 2.45) is 17.6 Å². The Labute approximate surface area is 212 Å². The first-order valence-electron chi connectivity index (χ1n) is 11.8. The zero-order valence-corrected chi connectivity index (χ0v) is 20.7. The van der Waals surface area contributed by atoms with Gasteiger partial charge in [-0.3, -0.25) is 19.3 Å². The van der Waals surface area contributed by atoms with E-state index in [1.54, 1.807) is 17.0 Å². The van der Waals surface area contributed by atoms with Crippen molar-refractivity contribution in [1.82, 2.24) is 9.21 Å². The Morgan fingerprint density at radius 3 is 2.35 bits per heavy atom. The summed E-state index contributed by atoms with van der Waals surface area (Å²) in [5.41, 5.74) is 2.15. The Morgan fingerprint density at radius 1 is 1.11 bits per heavy atom. The highest BCUT2D eigenvalue weighted by atomic mass is 32.2. The molecule has 2 fully saturated rings. The van der Waals surface area contributed by atoms with Gasteiger partial charge in [0.15, 0.2) is 11.4 Å². The van der Waals surface area contributed by atoms with Crippen LogP contribution in [0.15, 0.2) is 35.1 Å². The molecule has 6 N–H and O–H groups in total. The van der Waals surface area contributed by atoms with Crippen LogP contribution in [0.2, 0.25) is 0 Å². The lowest BCUT2D eigenvalue weighted by atomic mass is 9.57. The fraction of sp³-hybridized carbons (Fsp3) is 0.458. The van der Waals surface area contributed by atoms with Crippen molar-refractivity contribution >= 4 is 33.3 Å². The normalized spacial score (nSPS) is 31.1. The number of aliphatic hydroxyl groups is 3. The molecule has 0 spiro atoms. The third-order valence-electron chi connectivity index (χ3n) is 8.04. The monoisotopic (exact) mass is 533 g/mol. The van der Waals surface area contributed by atoms with E-state index in [2.05, 4.69) is 0 Å². The number of carbonyl (C=O) groups excluding carboxylic acids is 3. The number of ketones is 2. The number of primary amides is 1. The average molecular weight is 534 g/mol. The number of Topliss-reactive ketones (excluding diaryl/α,β-unsaturated/α-hetero) is 2. The number of hydrogen-bond donors (Lipinski definition) is 5. The molecule has 1 amide bonds. The molecule has 198 valence electrons. The second-order valence-electron chi connectivity index (χ2n) is 10.0. The van der Waals surface area contributed by atoms with Crippen LogP contribution in [-0.4, -0.2) is 99.6 Å². The Bertz CT molecular complexity index is 1410. The van der Waals surface area contributed by atoms with Crippen LogP contribution in [-0.2, 0) is 30.8 Å². The Hall–Kier alpha value is -3.26. The number of piperazine rings is 1. The summed E-state index contributed by atoms with van der Waals surface area (Å²) >= 11 is 0. The highest BCUT2D eigenvalue weighted by molar-refractivity contribution is 7.88. The number of phenolic OH excluding ortho intramolecular Hbond substituents is 1. The maximum atomic E-state index is 13.8. The van der Waals surface area contributed by atoms with Gasteiger partial charge < -0.3 is 26.2 Å². The molecule has 1 saturated carbocycles. The number of carbonyl (C=O) groups is 3. The first-order valence-corrected chi connectivity index (χ1v) is 13.6. The van der Waals surface area contributed by atoms with Crippen LogP contribution in [0.1, 0.15) is 17.5 Å². The number of phenols is 1. The Balaban J connectivity index is 1.63. The minimum absolute atomic E-state index is 0.0183. The highest BCUT2D eigenvalue weighted by Crippen LogP contribution is 2.52. The van der Waals surface area contributed by atoms with Gasteiger partial charge in [0.05, 0.1) is 17.9 Å². The minimum Gasteiger partial charge on any atom is -0.508 e. The molecule has 0 bridgehead atoms. The van der Waals surface area contributed by atoms with Crippen molar-refractivity contribution in [2.45, 2.75) is 24.5 Å². The molecule has 13 heteroatoms. The largest absolute Gasteiger partial charge is 0.508 e. The summed E-state index contributed by atoms with van der Waals surface area (Å²) in [6.07, 6.45) is 1.27. The quantitative estimate of drug-likeness (QED) is 0.300. The van der Waals surface area contributed by atoms with Crippen LogP contribution in [0.3, 0.4) is 0 Å². The molecular weight excluding hydrogens is 506 g/mol. The number of sulfonamides is 1. The minimum atomic E-state index is -3.48. The molecule has 12 nitrogen and oxygen atoms in total. The Kier molecular flexibility index (Phi) is 5.75. The lowest BCUT2D eigenvalue weighted by molar-refractivity contribution is -0.155. The summed E-state index contributed by atoms with van der Waals surface area (Å²) in [6, 6.07) is 3.37. The van der Waals surface area contributed by atoms with Gasteiger partial charge in [-0.05, 0) is 30.4 Å². The van der Waals surface area contributed by atoms with Gasteiger partial charge in [0, 0.05) is 37.7 Å². The zero-order valence-electron chi connectivity index (χ0n) is 19.9. The lowest BCUT2D eigenvalue weighted by Crippen LogP contribution is -2.68. The van der Waals surface area contributed by atoms with Gasteiger partial charge in [-0.2, -0.15) is 4.31 Å². The van der Waals surface area contributed by atoms with Crippen molar-refractivity contribution in [1.29, 1.82) is 0 Å². The molecule has 4 atom stereocenters. The van der Waals surface area contributed by atoms with Gasteiger partial charge >= 0.3 is 0 Å². The molecular formula is C24H27N3O9S. The van der Waals surface area contributed by atoms with Crippen LogP contribution < -0.4 is 5.73 Å². The molecule has 5 rings (SSSR count). The molecule has 4 aliphatic rings.